The first-order chi connectivity index (χ1) is 6.19. The number of hydrogen-bond acceptors (Lipinski definition) is 2. The van der Waals surface area contributed by atoms with E-state index in [1.807, 2.05) is 19.1 Å². The van der Waals surface area contributed by atoms with Crippen LogP contribution in [0.3, 0.4) is 0 Å². The fraction of sp³-hybridized carbons (Fsp3) is 0.400. The molecular formula is C10H13BrO2. The second-order valence-corrected chi connectivity index (χ2v) is 3.82. The monoisotopic (exact) mass is 244 g/mol. The van der Waals surface area contributed by atoms with Crippen molar-refractivity contribution in [2.45, 2.75) is 20.1 Å². The molecule has 0 saturated carbocycles. The Morgan fingerprint density at radius 3 is 2.62 bits per heavy atom. The van der Waals surface area contributed by atoms with Gasteiger partial charge in [0, 0.05) is 11.6 Å². The van der Waals surface area contributed by atoms with Gasteiger partial charge < -0.3 is 9.84 Å². The van der Waals surface area contributed by atoms with Gasteiger partial charge in [-0.3, -0.25) is 0 Å². The van der Waals surface area contributed by atoms with E-state index in [1.54, 1.807) is 7.11 Å². The van der Waals surface area contributed by atoms with Crippen LogP contribution in [0.25, 0.3) is 0 Å². The largest absolute Gasteiger partial charge is 0.392 e. The summed E-state index contributed by atoms with van der Waals surface area (Å²) < 4.78 is 6.09. The van der Waals surface area contributed by atoms with Gasteiger partial charge in [-0.1, -0.05) is 22.0 Å². The maximum atomic E-state index is 9.09. The van der Waals surface area contributed by atoms with E-state index in [-0.39, 0.29) is 6.61 Å². The number of hydrogen-bond donors (Lipinski definition) is 1. The zero-order chi connectivity index (χ0) is 9.84. The predicted molar refractivity (Wildman–Crippen MR) is 55.5 cm³/mol. The van der Waals surface area contributed by atoms with Crippen LogP contribution in [0.5, 0.6) is 0 Å². The molecule has 0 radical (unpaired) electrons. The molecule has 13 heavy (non-hydrogen) atoms. The summed E-state index contributed by atoms with van der Waals surface area (Å²) >= 11 is 3.44. The predicted octanol–water partition coefficient (Wildman–Crippen LogP) is 2.40. The number of rotatable bonds is 3. The van der Waals surface area contributed by atoms with E-state index in [4.69, 9.17) is 9.84 Å². The molecule has 1 aromatic rings. The van der Waals surface area contributed by atoms with Gasteiger partial charge in [0.15, 0.2) is 0 Å². The number of ether oxygens (including phenoxy) is 1. The van der Waals surface area contributed by atoms with Crippen LogP contribution in [0.2, 0.25) is 0 Å². The molecule has 0 atom stereocenters. The number of aliphatic hydroxyl groups is 1. The highest BCUT2D eigenvalue weighted by Crippen LogP contribution is 2.22. The highest BCUT2D eigenvalue weighted by molar-refractivity contribution is 9.10. The summed E-state index contributed by atoms with van der Waals surface area (Å²) in [6.45, 7) is 2.60. The average Bonchev–Trinajstić information content (AvgIpc) is 2.11. The second-order valence-electron chi connectivity index (χ2n) is 2.96. The van der Waals surface area contributed by atoms with Gasteiger partial charge in [-0.2, -0.15) is 0 Å². The lowest BCUT2D eigenvalue weighted by Gasteiger charge is -2.09. The summed E-state index contributed by atoms with van der Waals surface area (Å²) in [5.74, 6) is 0. The standard InChI is InChI=1S/C10H13BrO2/c1-7-3-8(5-12)9(6-13-2)4-10(7)11/h3-4,12H,5-6H2,1-2H3. The Hall–Kier alpha value is -0.380. The van der Waals surface area contributed by atoms with Gasteiger partial charge in [-0.25, -0.2) is 0 Å². The van der Waals surface area contributed by atoms with Crippen molar-refractivity contribution < 1.29 is 9.84 Å². The Balaban J connectivity index is 3.09. The molecule has 0 unspecified atom stereocenters. The van der Waals surface area contributed by atoms with Crippen molar-refractivity contribution in [3.05, 3.63) is 33.3 Å². The smallest absolute Gasteiger partial charge is 0.0717 e. The number of halogens is 1. The Morgan fingerprint density at radius 2 is 2.08 bits per heavy atom. The van der Waals surface area contributed by atoms with Gasteiger partial charge in [-0.05, 0) is 29.7 Å². The summed E-state index contributed by atoms with van der Waals surface area (Å²) in [7, 11) is 1.65. The first kappa shape index (κ1) is 10.7. The molecule has 0 aliphatic heterocycles. The van der Waals surface area contributed by atoms with Crippen molar-refractivity contribution in [1.82, 2.24) is 0 Å². The van der Waals surface area contributed by atoms with Crippen molar-refractivity contribution in [1.29, 1.82) is 0 Å². The van der Waals surface area contributed by atoms with Crippen LogP contribution in [0.4, 0.5) is 0 Å². The van der Waals surface area contributed by atoms with Crippen LogP contribution in [-0.4, -0.2) is 12.2 Å². The van der Waals surface area contributed by atoms with E-state index < -0.39 is 0 Å². The highest BCUT2D eigenvalue weighted by atomic mass is 79.9. The Labute approximate surface area is 86.7 Å². The maximum Gasteiger partial charge on any atom is 0.0717 e. The average molecular weight is 245 g/mol. The third-order valence-electron chi connectivity index (χ3n) is 1.95. The number of aliphatic hydroxyl groups excluding tert-OH is 1. The van der Waals surface area contributed by atoms with Gasteiger partial charge in [0.25, 0.3) is 0 Å². The zero-order valence-corrected chi connectivity index (χ0v) is 9.39. The Kier molecular flexibility index (Phi) is 3.90. The van der Waals surface area contributed by atoms with Crippen LogP contribution >= 0.6 is 15.9 Å². The molecule has 1 rings (SSSR count). The molecule has 0 aliphatic carbocycles. The molecule has 72 valence electrons. The van der Waals surface area contributed by atoms with Gasteiger partial charge in [0.1, 0.15) is 0 Å². The van der Waals surface area contributed by atoms with E-state index >= 15 is 0 Å². The van der Waals surface area contributed by atoms with Gasteiger partial charge >= 0.3 is 0 Å². The molecule has 0 spiro atoms. The molecule has 0 aromatic heterocycles. The maximum absolute atomic E-state index is 9.09. The minimum Gasteiger partial charge on any atom is -0.392 e. The number of aryl methyl sites for hydroxylation is 1. The van der Waals surface area contributed by atoms with E-state index in [0.29, 0.717) is 6.61 Å². The molecule has 1 aromatic carbocycles. The molecule has 0 fully saturated rings. The molecule has 0 amide bonds. The summed E-state index contributed by atoms with van der Waals surface area (Å²) in [5.41, 5.74) is 3.09. The molecule has 0 aliphatic rings. The summed E-state index contributed by atoms with van der Waals surface area (Å²) in [6.07, 6.45) is 0. The van der Waals surface area contributed by atoms with Crippen molar-refractivity contribution in [2.75, 3.05) is 7.11 Å². The van der Waals surface area contributed by atoms with Crippen molar-refractivity contribution in [3.8, 4) is 0 Å². The SMILES string of the molecule is COCc1cc(Br)c(C)cc1CO. The second kappa shape index (κ2) is 4.74. The van der Waals surface area contributed by atoms with Crippen LogP contribution < -0.4 is 0 Å². The highest BCUT2D eigenvalue weighted by Gasteiger charge is 2.04. The van der Waals surface area contributed by atoms with E-state index in [2.05, 4.69) is 15.9 Å². The normalized spacial score (nSPS) is 10.5. The third-order valence-corrected chi connectivity index (χ3v) is 2.81. The lowest BCUT2D eigenvalue weighted by Crippen LogP contribution is -1.97. The van der Waals surface area contributed by atoms with Crippen LogP contribution in [0, 0.1) is 6.92 Å². The quantitative estimate of drug-likeness (QED) is 0.885. The molecule has 0 heterocycles. The fourth-order valence-electron chi connectivity index (χ4n) is 1.22. The van der Waals surface area contributed by atoms with Gasteiger partial charge in [0.2, 0.25) is 0 Å². The van der Waals surface area contributed by atoms with Crippen LogP contribution in [0.15, 0.2) is 16.6 Å². The summed E-state index contributed by atoms with van der Waals surface area (Å²) in [4.78, 5) is 0. The lowest BCUT2D eigenvalue weighted by atomic mass is 10.1. The molecule has 3 heteroatoms. The summed E-state index contributed by atoms with van der Waals surface area (Å²) in [6, 6.07) is 3.96. The molecule has 0 bridgehead atoms. The molecule has 2 nitrogen and oxygen atoms in total. The van der Waals surface area contributed by atoms with Crippen molar-refractivity contribution >= 4 is 15.9 Å². The number of methoxy groups -OCH3 is 1. The van der Waals surface area contributed by atoms with Crippen LogP contribution in [-0.2, 0) is 18.0 Å². The van der Waals surface area contributed by atoms with Crippen LogP contribution in [0.1, 0.15) is 16.7 Å². The van der Waals surface area contributed by atoms with Crippen molar-refractivity contribution in [3.63, 3.8) is 0 Å². The van der Waals surface area contributed by atoms with Gasteiger partial charge in [0.05, 0.1) is 13.2 Å². The number of benzene rings is 1. The molecule has 1 N–H and O–H groups in total. The molecule has 0 saturated heterocycles. The minimum absolute atomic E-state index is 0.0623. The van der Waals surface area contributed by atoms with Crippen molar-refractivity contribution in [2.24, 2.45) is 0 Å². The minimum atomic E-state index is 0.0623. The Morgan fingerprint density at radius 1 is 1.38 bits per heavy atom. The zero-order valence-electron chi connectivity index (χ0n) is 7.80. The van der Waals surface area contributed by atoms with E-state index in [0.717, 1.165) is 21.2 Å². The van der Waals surface area contributed by atoms with E-state index in [9.17, 15) is 0 Å². The first-order valence-corrected chi connectivity index (χ1v) is 4.86. The first-order valence-electron chi connectivity index (χ1n) is 4.06. The molecular weight excluding hydrogens is 232 g/mol. The third kappa shape index (κ3) is 2.53. The lowest BCUT2D eigenvalue weighted by molar-refractivity contribution is 0.181. The van der Waals surface area contributed by atoms with Gasteiger partial charge in [-0.15, -0.1) is 0 Å². The fourth-order valence-corrected chi connectivity index (χ4v) is 1.61. The topological polar surface area (TPSA) is 29.5 Å². The Bertz CT molecular complexity index is 297. The summed E-state index contributed by atoms with van der Waals surface area (Å²) in [5, 5.41) is 9.09. The van der Waals surface area contributed by atoms with E-state index in [1.165, 1.54) is 0 Å².